The van der Waals surface area contributed by atoms with Gasteiger partial charge in [0, 0.05) is 11.1 Å². The molecule has 1 heterocycles. The molecule has 0 radical (unpaired) electrons. The fourth-order valence-electron chi connectivity index (χ4n) is 2.72. The monoisotopic (exact) mass is 362 g/mol. The Morgan fingerprint density at radius 1 is 1.16 bits per heavy atom. The minimum atomic E-state index is -3.58. The average Bonchev–Trinajstić information content (AvgIpc) is 3.04. The van der Waals surface area contributed by atoms with Crippen LogP contribution < -0.4 is 0 Å². The number of ether oxygens (including phenoxy) is 1. The van der Waals surface area contributed by atoms with Crippen LogP contribution in [-0.2, 0) is 26.2 Å². The van der Waals surface area contributed by atoms with E-state index in [0.717, 1.165) is 11.1 Å². The maximum absolute atomic E-state index is 15.0. The first-order valence-corrected chi connectivity index (χ1v) is 9.41. The van der Waals surface area contributed by atoms with Crippen molar-refractivity contribution in [3.8, 4) is 0 Å². The number of hydrogen-bond donors (Lipinski definition) is 0. The second-order valence-corrected chi connectivity index (χ2v) is 7.72. The number of rotatable bonds is 6. The van der Waals surface area contributed by atoms with Gasteiger partial charge in [0.2, 0.25) is 0 Å². The molecule has 0 saturated heterocycles. The molecule has 2 aromatic rings. The van der Waals surface area contributed by atoms with Crippen LogP contribution in [0.15, 0.2) is 59.6 Å². The summed E-state index contributed by atoms with van der Waals surface area (Å²) < 4.78 is 34.6. The second-order valence-electron chi connectivity index (χ2n) is 5.55. The second kappa shape index (κ2) is 7.35. The van der Waals surface area contributed by atoms with E-state index in [2.05, 4.69) is 9.73 Å². The van der Waals surface area contributed by atoms with Crippen LogP contribution in [0.25, 0.3) is 0 Å². The zero-order chi connectivity index (χ0) is 17.9. The summed E-state index contributed by atoms with van der Waals surface area (Å²) in [5.74, 6) is -1.38. The highest BCUT2D eigenvalue weighted by molar-refractivity contribution is 7.98. The highest BCUT2D eigenvalue weighted by atomic mass is 32.2. The lowest BCUT2D eigenvalue weighted by molar-refractivity contribution is -0.159. The zero-order valence-electron chi connectivity index (χ0n) is 13.7. The SMILES string of the molecule is CCOC(=O)C(F)(F)[S+](Cc1ccccc1)C1C=Nc2ccccc21. The number of esters is 1. The molecule has 1 aliphatic rings. The smallest absolute Gasteiger partial charge is 0.458 e. The molecule has 0 aliphatic carbocycles. The summed E-state index contributed by atoms with van der Waals surface area (Å²) in [6.45, 7) is 1.45. The van der Waals surface area contributed by atoms with E-state index in [1.54, 1.807) is 42.5 Å². The van der Waals surface area contributed by atoms with Crippen molar-refractivity contribution in [2.45, 2.75) is 23.2 Å². The quantitative estimate of drug-likeness (QED) is 0.564. The van der Waals surface area contributed by atoms with Gasteiger partial charge < -0.3 is 4.74 Å². The molecule has 130 valence electrons. The normalized spacial score (nSPS) is 17.2. The number of halogens is 2. The Balaban J connectivity index is 1.98. The molecule has 2 unspecified atom stereocenters. The fourth-order valence-corrected chi connectivity index (χ4v) is 4.93. The first kappa shape index (κ1) is 17.6. The van der Waals surface area contributed by atoms with Gasteiger partial charge in [0.05, 0.1) is 29.4 Å². The highest BCUT2D eigenvalue weighted by Crippen LogP contribution is 2.44. The fraction of sp³-hybridized carbons (Fsp3) is 0.263. The van der Waals surface area contributed by atoms with E-state index in [4.69, 9.17) is 0 Å². The third kappa shape index (κ3) is 3.58. The van der Waals surface area contributed by atoms with Gasteiger partial charge in [-0.15, -0.1) is 8.78 Å². The van der Waals surface area contributed by atoms with Crippen molar-refractivity contribution < 1.29 is 18.3 Å². The number of benzene rings is 2. The summed E-state index contributed by atoms with van der Waals surface area (Å²) in [5, 5.41) is -4.20. The summed E-state index contributed by atoms with van der Waals surface area (Å²) in [6, 6.07) is 16.2. The van der Waals surface area contributed by atoms with Gasteiger partial charge in [0.15, 0.2) is 5.25 Å². The van der Waals surface area contributed by atoms with E-state index < -0.39 is 27.4 Å². The van der Waals surface area contributed by atoms with Crippen LogP contribution in [0.3, 0.4) is 0 Å². The van der Waals surface area contributed by atoms with Gasteiger partial charge in [-0.05, 0) is 13.0 Å². The van der Waals surface area contributed by atoms with E-state index in [1.807, 2.05) is 12.1 Å². The number of nitrogens with zero attached hydrogens (tertiary/aromatic N) is 1. The summed E-state index contributed by atoms with van der Waals surface area (Å²) in [7, 11) is -1.61. The van der Waals surface area contributed by atoms with Crippen molar-refractivity contribution in [1.29, 1.82) is 0 Å². The Bertz CT molecular complexity index is 780. The van der Waals surface area contributed by atoms with E-state index >= 15 is 0 Å². The molecule has 0 amide bonds. The van der Waals surface area contributed by atoms with Gasteiger partial charge >= 0.3 is 11.2 Å². The number of fused-ring (bicyclic) bond motifs is 1. The molecule has 25 heavy (non-hydrogen) atoms. The van der Waals surface area contributed by atoms with Crippen LogP contribution in [0.1, 0.15) is 23.3 Å². The molecule has 2 aromatic carbocycles. The molecular formula is C19H18F2NO2S+. The Kier molecular flexibility index (Phi) is 5.18. The lowest BCUT2D eigenvalue weighted by atomic mass is 10.1. The largest absolute Gasteiger partial charge is 0.510 e. The molecule has 6 heteroatoms. The number of para-hydroxylation sites is 1. The minimum absolute atomic E-state index is 0.0771. The third-order valence-corrected chi connectivity index (χ3v) is 6.36. The van der Waals surface area contributed by atoms with Gasteiger partial charge in [-0.2, -0.15) is 0 Å². The number of aliphatic imine (C=N–C) groups is 1. The molecule has 3 nitrogen and oxygen atoms in total. The van der Waals surface area contributed by atoms with Gasteiger partial charge in [0.25, 0.3) is 0 Å². The number of hydrogen-bond acceptors (Lipinski definition) is 3. The summed E-state index contributed by atoms with van der Waals surface area (Å²) in [4.78, 5) is 16.2. The molecule has 0 N–H and O–H groups in total. The minimum Gasteiger partial charge on any atom is -0.458 e. The Morgan fingerprint density at radius 3 is 2.56 bits per heavy atom. The van der Waals surface area contributed by atoms with Crippen molar-refractivity contribution >= 4 is 28.8 Å². The highest BCUT2D eigenvalue weighted by Gasteiger charge is 2.62. The van der Waals surface area contributed by atoms with Crippen LogP contribution in [0.4, 0.5) is 14.5 Å². The topological polar surface area (TPSA) is 38.7 Å². The Labute approximate surface area is 148 Å². The molecule has 1 aliphatic heterocycles. The van der Waals surface area contributed by atoms with E-state index in [9.17, 15) is 13.6 Å². The van der Waals surface area contributed by atoms with Crippen LogP contribution in [0, 0.1) is 0 Å². The zero-order valence-corrected chi connectivity index (χ0v) is 14.5. The van der Waals surface area contributed by atoms with E-state index in [0.29, 0.717) is 5.69 Å². The Morgan fingerprint density at radius 2 is 1.84 bits per heavy atom. The summed E-state index contributed by atoms with van der Waals surface area (Å²) >= 11 is 0. The van der Waals surface area contributed by atoms with Gasteiger partial charge in [0.1, 0.15) is 5.75 Å². The number of alkyl halides is 2. The van der Waals surface area contributed by atoms with Crippen molar-refractivity contribution in [3.05, 3.63) is 65.7 Å². The molecule has 0 aromatic heterocycles. The molecule has 3 rings (SSSR count). The van der Waals surface area contributed by atoms with E-state index in [1.165, 1.54) is 13.1 Å². The predicted molar refractivity (Wildman–Crippen MR) is 96.4 cm³/mol. The van der Waals surface area contributed by atoms with Crippen LogP contribution >= 0.6 is 0 Å². The van der Waals surface area contributed by atoms with Gasteiger partial charge in [-0.3, -0.25) is 4.99 Å². The average molecular weight is 362 g/mol. The van der Waals surface area contributed by atoms with E-state index in [-0.39, 0.29) is 12.4 Å². The maximum atomic E-state index is 15.0. The standard InChI is InChI=1S/C19H18F2NO2S/c1-2-24-18(23)19(20,21)25(13-14-8-4-3-5-9-14)17-12-22-16-11-7-6-10-15(16)17/h3-12,17H,2,13H2,1H3/q+1. The molecular weight excluding hydrogens is 344 g/mol. The number of carbonyl (C=O) groups excluding carboxylic acids is 1. The first-order chi connectivity index (χ1) is 12.0. The lowest BCUT2D eigenvalue weighted by Crippen LogP contribution is -2.43. The predicted octanol–water partition coefficient (Wildman–Crippen LogP) is 4.42. The Hall–Kier alpha value is -2.21. The first-order valence-electron chi connectivity index (χ1n) is 7.96. The molecule has 0 saturated carbocycles. The van der Waals surface area contributed by atoms with Crippen LogP contribution in [-0.4, -0.2) is 24.0 Å². The molecule has 0 bridgehead atoms. The summed E-state index contributed by atoms with van der Waals surface area (Å²) in [6.07, 6.45) is 1.53. The molecule has 0 fully saturated rings. The van der Waals surface area contributed by atoms with Gasteiger partial charge in [-0.1, -0.05) is 48.5 Å². The van der Waals surface area contributed by atoms with Gasteiger partial charge in [-0.25, -0.2) is 4.79 Å². The van der Waals surface area contributed by atoms with Crippen LogP contribution in [0.5, 0.6) is 0 Å². The third-order valence-electron chi connectivity index (χ3n) is 3.91. The van der Waals surface area contributed by atoms with Crippen LogP contribution in [0.2, 0.25) is 0 Å². The van der Waals surface area contributed by atoms with Crippen molar-refractivity contribution in [2.24, 2.45) is 4.99 Å². The van der Waals surface area contributed by atoms with Crippen molar-refractivity contribution in [2.75, 3.05) is 6.61 Å². The van der Waals surface area contributed by atoms with Crippen molar-refractivity contribution in [1.82, 2.24) is 0 Å². The molecule has 0 spiro atoms. The molecule has 2 atom stereocenters. The maximum Gasteiger partial charge on any atom is 0.510 e. The number of carbonyl (C=O) groups is 1. The van der Waals surface area contributed by atoms with Crippen molar-refractivity contribution in [3.63, 3.8) is 0 Å². The summed E-state index contributed by atoms with van der Waals surface area (Å²) in [5.41, 5.74) is 2.16. The lowest BCUT2D eigenvalue weighted by Gasteiger charge is -2.20.